The van der Waals surface area contributed by atoms with E-state index in [2.05, 4.69) is 5.32 Å². The number of rotatable bonds is 4. The van der Waals surface area contributed by atoms with Crippen LogP contribution in [0.1, 0.15) is 18.9 Å². The van der Waals surface area contributed by atoms with Gasteiger partial charge in [0.1, 0.15) is 6.07 Å². The third-order valence-corrected chi connectivity index (χ3v) is 3.21. The predicted octanol–water partition coefficient (Wildman–Crippen LogP) is 2.78. The monoisotopic (exact) mass is 266 g/mol. The Labute approximate surface area is 111 Å². The van der Waals surface area contributed by atoms with Gasteiger partial charge in [0.25, 0.3) is 0 Å². The van der Waals surface area contributed by atoms with Gasteiger partial charge in [-0.3, -0.25) is 0 Å². The molecular weight excluding hydrogens is 252 g/mol. The summed E-state index contributed by atoms with van der Waals surface area (Å²) in [6.45, 7) is 3.96. The Kier molecular flexibility index (Phi) is 4.07. The molecule has 0 bridgehead atoms. The molecule has 0 spiro atoms. The van der Waals surface area contributed by atoms with Crippen LogP contribution in [0.4, 0.5) is 5.69 Å². The van der Waals surface area contributed by atoms with Gasteiger partial charge in [0, 0.05) is 18.7 Å². The first kappa shape index (κ1) is 13.2. The molecule has 0 radical (unpaired) electrons. The minimum absolute atomic E-state index is 0.460. The van der Waals surface area contributed by atoms with Gasteiger partial charge in [-0.05, 0) is 25.1 Å². The molecule has 1 fully saturated rings. The number of ether oxygens (including phenoxy) is 2. The van der Waals surface area contributed by atoms with E-state index in [4.69, 9.17) is 26.3 Å². The van der Waals surface area contributed by atoms with Crippen molar-refractivity contribution in [2.24, 2.45) is 0 Å². The van der Waals surface area contributed by atoms with Crippen molar-refractivity contribution in [2.45, 2.75) is 19.1 Å². The summed E-state index contributed by atoms with van der Waals surface area (Å²) in [5.41, 5.74) is 1.37. The van der Waals surface area contributed by atoms with E-state index in [1.165, 1.54) is 0 Å². The molecule has 2 rings (SSSR count). The number of anilines is 1. The van der Waals surface area contributed by atoms with Gasteiger partial charge in [0.05, 0.1) is 23.8 Å². The second-order valence-corrected chi connectivity index (χ2v) is 4.72. The van der Waals surface area contributed by atoms with Crippen LogP contribution in [0.3, 0.4) is 0 Å². The van der Waals surface area contributed by atoms with E-state index in [-0.39, 0.29) is 0 Å². The number of nitrogens with zero attached hydrogens (tertiary/aromatic N) is 1. The average molecular weight is 267 g/mol. The number of hydrogen-bond donors (Lipinski definition) is 1. The number of nitriles is 1. The minimum atomic E-state index is -0.483. The van der Waals surface area contributed by atoms with Crippen LogP contribution in [0, 0.1) is 11.3 Å². The van der Waals surface area contributed by atoms with Crippen LogP contribution in [-0.4, -0.2) is 25.5 Å². The first-order valence-corrected chi connectivity index (χ1v) is 6.22. The Morgan fingerprint density at radius 2 is 2.17 bits per heavy atom. The fraction of sp³-hybridized carbons (Fsp3) is 0.462. The van der Waals surface area contributed by atoms with Crippen molar-refractivity contribution >= 4 is 17.3 Å². The summed E-state index contributed by atoms with van der Waals surface area (Å²) in [6.07, 6.45) is 0.755. The largest absolute Gasteiger partial charge is 0.385 e. The van der Waals surface area contributed by atoms with Gasteiger partial charge in [-0.2, -0.15) is 5.26 Å². The molecule has 1 N–H and O–H groups in total. The Bertz CT molecular complexity index is 465. The van der Waals surface area contributed by atoms with Crippen LogP contribution in [0.15, 0.2) is 18.2 Å². The molecule has 0 unspecified atom stereocenters. The molecule has 18 heavy (non-hydrogen) atoms. The third kappa shape index (κ3) is 3.14. The summed E-state index contributed by atoms with van der Waals surface area (Å²) in [5.74, 6) is -0.483. The Hall–Kier alpha value is -1.28. The molecule has 1 saturated heterocycles. The van der Waals surface area contributed by atoms with Gasteiger partial charge in [-0.1, -0.05) is 11.6 Å². The highest BCUT2D eigenvalue weighted by Gasteiger charge is 2.30. The standard InChI is InChI=1S/C13H15ClN2O2/c1-13(17-6-7-18-13)4-5-16-11-3-2-10(9-15)12(14)8-11/h2-3,8,16H,4-7H2,1H3. The summed E-state index contributed by atoms with van der Waals surface area (Å²) in [6, 6.07) is 7.32. The Morgan fingerprint density at radius 3 is 2.78 bits per heavy atom. The molecule has 0 saturated carbocycles. The molecule has 1 aromatic rings. The summed E-state index contributed by atoms with van der Waals surface area (Å²) < 4.78 is 11.0. The summed E-state index contributed by atoms with van der Waals surface area (Å²) in [7, 11) is 0. The molecule has 0 aliphatic carbocycles. The summed E-state index contributed by atoms with van der Waals surface area (Å²) >= 11 is 5.95. The average Bonchev–Trinajstić information content (AvgIpc) is 2.77. The number of nitrogens with one attached hydrogen (secondary N) is 1. The molecule has 1 aromatic carbocycles. The van der Waals surface area contributed by atoms with Crippen LogP contribution in [-0.2, 0) is 9.47 Å². The lowest BCUT2D eigenvalue weighted by atomic mass is 10.2. The zero-order chi connectivity index (χ0) is 13.0. The fourth-order valence-electron chi connectivity index (χ4n) is 1.85. The zero-order valence-corrected chi connectivity index (χ0v) is 11.0. The van der Waals surface area contributed by atoms with Gasteiger partial charge in [-0.15, -0.1) is 0 Å². The number of hydrogen-bond acceptors (Lipinski definition) is 4. The molecule has 0 aromatic heterocycles. The van der Waals surface area contributed by atoms with E-state index in [1.807, 2.05) is 19.1 Å². The number of benzene rings is 1. The first-order valence-electron chi connectivity index (χ1n) is 5.84. The van der Waals surface area contributed by atoms with Crippen LogP contribution in [0.2, 0.25) is 5.02 Å². The number of halogens is 1. The highest BCUT2D eigenvalue weighted by atomic mass is 35.5. The van der Waals surface area contributed by atoms with Crippen LogP contribution < -0.4 is 5.32 Å². The second-order valence-electron chi connectivity index (χ2n) is 4.31. The molecule has 0 amide bonds. The minimum Gasteiger partial charge on any atom is -0.385 e. The highest BCUT2D eigenvalue weighted by Crippen LogP contribution is 2.24. The molecule has 4 nitrogen and oxygen atoms in total. The quantitative estimate of drug-likeness (QED) is 0.910. The van der Waals surface area contributed by atoms with E-state index in [0.717, 1.165) is 18.7 Å². The van der Waals surface area contributed by atoms with Crippen molar-refractivity contribution < 1.29 is 9.47 Å². The van der Waals surface area contributed by atoms with Crippen molar-refractivity contribution in [1.82, 2.24) is 0 Å². The molecule has 1 aliphatic rings. The maximum atomic E-state index is 8.77. The van der Waals surface area contributed by atoms with E-state index < -0.39 is 5.79 Å². The zero-order valence-electron chi connectivity index (χ0n) is 10.2. The molecule has 0 atom stereocenters. The van der Waals surface area contributed by atoms with Crippen molar-refractivity contribution in [3.63, 3.8) is 0 Å². The van der Waals surface area contributed by atoms with Crippen molar-refractivity contribution in [1.29, 1.82) is 5.26 Å². The van der Waals surface area contributed by atoms with Crippen LogP contribution in [0.5, 0.6) is 0 Å². The highest BCUT2D eigenvalue weighted by molar-refractivity contribution is 6.32. The lowest BCUT2D eigenvalue weighted by Crippen LogP contribution is -2.28. The van der Waals surface area contributed by atoms with Crippen molar-refractivity contribution in [3.8, 4) is 6.07 Å². The third-order valence-electron chi connectivity index (χ3n) is 2.90. The molecule has 1 aliphatic heterocycles. The first-order chi connectivity index (χ1) is 8.63. The Balaban J connectivity index is 1.87. The van der Waals surface area contributed by atoms with Gasteiger partial charge < -0.3 is 14.8 Å². The molecular formula is C13H15ClN2O2. The van der Waals surface area contributed by atoms with E-state index in [9.17, 15) is 0 Å². The summed E-state index contributed by atoms with van der Waals surface area (Å²) in [4.78, 5) is 0. The van der Waals surface area contributed by atoms with Crippen molar-refractivity contribution in [3.05, 3.63) is 28.8 Å². The van der Waals surface area contributed by atoms with E-state index >= 15 is 0 Å². The smallest absolute Gasteiger partial charge is 0.167 e. The maximum Gasteiger partial charge on any atom is 0.167 e. The lowest BCUT2D eigenvalue weighted by Gasteiger charge is -2.22. The lowest BCUT2D eigenvalue weighted by molar-refractivity contribution is -0.144. The van der Waals surface area contributed by atoms with Gasteiger partial charge >= 0.3 is 0 Å². The van der Waals surface area contributed by atoms with Gasteiger partial charge in [0.2, 0.25) is 0 Å². The molecule has 96 valence electrons. The second kappa shape index (κ2) is 5.57. The SMILES string of the molecule is CC1(CCNc2ccc(C#N)c(Cl)c2)OCCO1. The van der Waals surface area contributed by atoms with Crippen LogP contribution in [0.25, 0.3) is 0 Å². The van der Waals surface area contributed by atoms with Gasteiger partial charge in [0.15, 0.2) is 5.79 Å². The predicted molar refractivity (Wildman–Crippen MR) is 69.6 cm³/mol. The van der Waals surface area contributed by atoms with Crippen molar-refractivity contribution in [2.75, 3.05) is 25.1 Å². The molecule has 1 heterocycles. The topological polar surface area (TPSA) is 54.3 Å². The van der Waals surface area contributed by atoms with Gasteiger partial charge in [-0.25, -0.2) is 0 Å². The van der Waals surface area contributed by atoms with E-state index in [1.54, 1.807) is 12.1 Å². The summed E-state index contributed by atoms with van der Waals surface area (Å²) in [5, 5.41) is 12.5. The normalized spacial score (nSPS) is 17.4. The molecule has 5 heteroatoms. The fourth-order valence-corrected chi connectivity index (χ4v) is 2.07. The maximum absolute atomic E-state index is 8.77. The van der Waals surface area contributed by atoms with Crippen LogP contribution >= 0.6 is 11.6 Å². The Morgan fingerprint density at radius 1 is 1.44 bits per heavy atom. The van der Waals surface area contributed by atoms with E-state index in [0.29, 0.717) is 23.8 Å².